The molecule has 2 rings (SSSR count). The van der Waals surface area contributed by atoms with Crippen LogP contribution in [-0.2, 0) is 4.74 Å². The molecule has 2 fully saturated rings. The highest BCUT2D eigenvalue weighted by Gasteiger charge is 2.35. The fourth-order valence-corrected chi connectivity index (χ4v) is 2.66. The van der Waals surface area contributed by atoms with Gasteiger partial charge in [-0.2, -0.15) is 0 Å². The Labute approximate surface area is 115 Å². The summed E-state index contributed by atoms with van der Waals surface area (Å²) in [5.74, 6) is 5.40. The molecule has 0 unspecified atom stereocenters. The Morgan fingerprint density at radius 3 is 2.32 bits per heavy atom. The Kier molecular flexibility index (Phi) is 4.32. The lowest BCUT2D eigenvalue weighted by Gasteiger charge is -2.46. The lowest BCUT2D eigenvalue weighted by molar-refractivity contribution is 0.00369. The molecule has 0 aromatic rings. The molecule has 0 bridgehead atoms. The summed E-state index contributed by atoms with van der Waals surface area (Å²) in [5.41, 5.74) is 2.39. The van der Waals surface area contributed by atoms with E-state index in [0.29, 0.717) is 12.1 Å². The molecule has 0 atom stereocenters. The fourth-order valence-electron chi connectivity index (χ4n) is 2.66. The third-order valence-corrected chi connectivity index (χ3v) is 3.78. The van der Waals surface area contributed by atoms with Crippen molar-refractivity contribution < 1.29 is 9.53 Å². The first kappa shape index (κ1) is 14.6. The van der Waals surface area contributed by atoms with Crippen molar-refractivity contribution in [2.24, 2.45) is 5.84 Å². The van der Waals surface area contributed by atoms with Crippen LogP contribution in [0, 0.1) is 0 Å². The van der Waals surface area contributed by atoms with Crippen LogP contribution in [0.4, 0.5) is 4.79 Å². The van der Waals surface area contributed by atoms with Crippen LogP contribution in [-0.4, -0.2) is 59.8 Å². The van der Waals surface area contributed by atoms with Crippen LogP contribution in [0.25, 0.3) is 0 Å². The molecule has 2 aliphatic heterocycles. The number of amides is 1. The summed E-state index contributed by atoms with van der Waals surface area (Å²) in [6.45, 7) is 9.32. The van der Waals surface area contributed by atoms with Gasteiger partial charge >= 0.3 is 6.09 Å². The number of hydrazine groups is 1. The quantitative estimate of drug-likeness (QED) is 0.566. The lowest BCUT2D eigenvalue weighted by Crippen LogP contribution is -2.64. The second-order valence-corrected chi connectivity index (χ2v) is 6.52. The number of nitrogens with one attached hydrogen (secondary N) is 1. The van der Waals surface area contributed by atoms with Gasteiger partial charge in [0.1, 0.15) is 5.60 Å². The standard InChI is InChI=1S/C13H26N4O2/c1-13(2,3)19-12(18)16-6-4-11(5-7-16)17-8-10(9-17)15-14/h10-11,15H,4-9,14H2,1-3H3. The Hall–Kier alpha value is -0.850. The minimum Gasteiger partial charge on any atom is -0.444 e. The highest BCUT2D eigenvalue weighted by atomic mass is 16.6. The summed E-state index contributed by atoms with van der Waals surface area (Å²) in [6, 6.07) is 1.02. The summed E-state index contributed by atoms with van der Waals surface area (Å²) in [6.07, 6.45) is 1.86. The molecule has 0 radical (unpaired) electrons. The molecule has 0 aromatic heterocycles. The SMILES string of the molecule is CC(C)(C)OC(=O)N1CCC(N2CC(NN)C2)CC1. The summed E-state index contributed by atoms with van der Waals surface area (Å²) >= 11 is 0. The van der Waals surface area contributed by atoms with E-state index in [1.54, 1.807) is 0 Å². The van der Waals surface area contributed by atoms with Gasteiger partial charge in [0.25, 0.3) is 0 Å². The van der Waals surface area contributed by atoms with Crippen molar-refractivity contribution in [3.63, 3.8) is 0 Å². The third kappa shape index (κ3) is 3.81. The molecule has 0 aromatic carbocycles. The van der Waals surface area contributed by atoms with E-state index >= 15 is 0 Å². The number of ether oxygens (including phenoxy) is 1. The Morgan fingerprint density at radius 1 is 1.26 bits per heavy atom. The maximum absolute atomic E-state index is 11.9. The van der Waals surface area contributed by atoms with E-state index in [4.69, 9.17) is 10.6 Å². The van der Waals surface area contributed by atoms with E-state index in [1.807, 2.05) is 25.7 Å². The van der Waals surface area contributed by atoms with Gasteiger partial charge in [-0.05, 0) is 33.6 Å². The zero-order valence-corrected chi connectivity index (χ0v) is 12.2. The third-order valence-electron chi connectivity index (χ3n) is 3.78. The van der Waals surface area contributed by atoms with Crippen molar-refractivity contribution in [1.29, 1.82) is 0 Å². The first-order valence-electron chi connectivity index (χ1n) is 7.07. The van der Waals surface area contributed by atoms with Gasteiger partial charge < -0.3 is 9.64 Å². The minimum absolute atomic E-state index is 0.184. The average molecular weight is 270 g/mol. The van der Waals surface area contributed by atoms with Gasteiger partial charge in [0.2, 0.25) is 0 Å². The predicted octanol–water partition coefficient (Wildman–Crippen LogP) is 0.533. The number of hydrogen-bond donors (Lipinski definition) is 2. The molecule has 110 valence electrons. The summed E-state index contributed by atoms with van der Waals surface area (Å²) in [4.78, 5) is 16.2. The summed E-state index contributed by atoms with van der Waals surface area (Å²) in [7, 11) is 0. The van der Waals surface area contributed by atoms with Crippen molar-refractivity contribution in [3.8, 4) is 0 Å². The van der Waals surface area contributed by atoms with Gasteiger partial charge in [0.05, 0.1) is 0 Å². The monoisotopic (exact) mass is 270 g/mol. The number of carbonyl (C=O) groups excluding carboxylic acids is 1. The van der Waals surface area contributed by atoms with Crippen molar-refractivity contribution in [3.05, 3.63) is 0 Å². The van der Waals surface area contributed by atoms with Crippen molar-refractivity contribution in [1.82, 2.24) is 15.2 Å². The zero-order chi connectivity index (χ0) is 14.0. The van der Waals surface area contributed by atoms with Gasteiger partial charge in [-0.15, -0.1) is 0 Å². The van der Waals surface area contributed by atoms with E-state index in [2.05, 4.69) is 10.3 Å². The van der Waals surface area contributed by atoms with Crippen molar-refractivity contribution in [2.45, 2.75) is 51.3 Å². The predicted molar refractivity (Wildman–Crippen MR) is 73.5 cm³/mol. The highest BCUT2D eigenvalue weighted by Crippen LogP contribution is 2.22. The smallest absolute Gasteiger partial charge is 0.410 e. The summed E-state index contributed by atoms with van der Waals surface area (Å²) in [5, 5.41) is 0. The first-order chi connectivity index (χ1) is 8.89. The number of carbonyl (C=O) groups is 1. The second-order valence-electron chi connectivity index (χ2n) is 6.52. The maximum Gasteiger partial charge on any atom is 0.410 e. The molecule has 2 aliphatic rings. The lowest BCUT2D eigenvalue weighted by atomic mass is 9.98. The molecule has 0 aliphatic carbocycles. The molecule has 0 saturated carbocycles. The number of nitrogens with zero attached hydrogens (tertiary/aromatic N) is 2. The largest absolute Gasteiger partial charge is 0.444 e. The molecule has 2 heterocycles. The van der Waals surface area contributed by atoms with Crippen molar-refractivity contribution in [2.75, 3.05) is 26.2 Å². The van der Waals surface area contributed by atoms with E-state index in [-0.39, 0.29) is 6.09 Å². The number of rotatable bonds is 2. The molecule has 6 heteroatoms. The molecule has 1 amide bonds. The molecule has 6 nitrogen and oxygen atoms in total. The van der Waals surface area contributed by atoms with E-state index in [9.17, 15) is 4.79 Å². The minimum atomic E-state index is -0.411. The normalized spacial score (nSPS) is 23.3. The number of piperidine rings is 1. The van der Waals surface area contributed by atoms with Crippen LogP contribution < -0.4 is 11.3 Å². The van der Waals surface area contributed by atoms with Crippen molar-refractivity contribution >= 4 is 6.09 Å². The van der Waals surface area contributed by atoms with Crippen LogP contribution >= 0.6 is 0 Å². The van der Waals surface area contributed by atoms with Crippen LogP contribution in [0.5, 0.6) is 0 Å². The summed E-state index contributed by atoms with van der Waals surface area (Å²) < 4.78 is 5.39. The Balaban J connectivity index is 1.72. The van der Waals surface area contributed by atoms with Gasteiger partial charge in [0, 0.05) is 38.3 Å². The van der Waals surface area contributed by atoms with Crippen LogP contribution in [0.1, 0.15) is 33.6 Å². The van der Waals surface area contributed by atoms with Crippen LogP contribution in [0.15, 0.2) is 0 Å². The average Bonchev–Trinajstić information content (AvgIpc) is 2.26. The molecule has 0 spiro atoms. The Morgan fingerprint density at radius 2 is 1.84 bits per heavy atom. The van der Waals surface area contributed by atoms with E-state index < -0.39 is 5.60 Å². The van der Waals surface area contributed by atoms with Crippen LogP contribution in [0.3, 0.4) is 0 Å². The number of hydrogen-bond acceptors (Lipinski definition) is 5. The maximum atomic E-state index is 11.9. The Bertz CT molecular complexity index is 315. The van der Waals surface area contributed by atoms with Crippen LogP contribution in [0.2, 0.25) is 0 Å². The highest BCUT2D eigenvalue weighted by molar-refractivity contribution is 5.68. The van der Waals surface area contributed by atoms with Gasteiger partial charge in [-0.25, -0.2) is 4.79 Å². The topological polar surface area (TPSA) is 70.8 Å². The number of nitrogens with two attached hydrogens (primary N) is 1. The van der Waals surface area contributed by atoms with Gasteiger partial charge in [0.15, 0.2) is 0 Å². The molecular weight excluding hydrogens is 244 g/mol. The molecule has 3 N–H and O–H groups in total. The molecule has 19 heavy (non-hydrogen) atoms. The fraction of sp³-hybridized carbons (Fsp3) is 0.923. The van der Waals surface area contributed by atoms with Gasteiger partial charge in [-0.1, -0.05) is 0 Å². The first-order valence-corrected chi connectivity index (χ1v) is 7.07. The van der Waals surface area contributed by atoms with Gasteiger partial charge in [-0.3, -0.25) is 16.2 Å². The molecule has 2 saturated heterocycles. The van der Waals surface area contributed by atoms with E-state index in [0.717, 1.165) is 39.0 Å². The number of likely N-dealkylation sites (tertiary alicyclic amines) is 2. The second kappa shape index (κ2) is 5.64. The molecular formula is C13H26N4O2. The van der Waals surface area contributed by atoms with E-state index in [1.165, 1.54) is 0 Å². The zero-order valence-electron chi connectivity index (χ0n) is 12.2.